The minimum atomic E-state index is -1.31. The van der Waals surface area contributed by atoms with E-state index in [9.17, 15) is 34.3 Å². The topological polar surface area (TPSA) is 16.3 Å². The Morgan fingerprint density at radius 1 is 0.225 bits per heavy atom. The van der Waals surface area contributed by atoms with E-state index < -0.39 is 188 Å². The van der Waals surface area contributed by atoms with Crippen LogP contribution in [0.2, 0.25) is 0 Å². The van der Waals surface area contributed by atoms with Gasteiger partial charge in [0, 0.05) is 77.9 Å². The zero-order valence-corrected chi connectivity index (χ0v) is 80.9. The van der Waals surface area contributed by atoms with Crippen molar-refractivity contribution < 1.29 is 34.3 Å². The van der Waals surface area contributed by atoms with Gasteiger partial charge in [-0.25, -0.2) is 0 Å². The molecule has 0 amide bonds. The molecule has 129 heavy (non-hydrogen) atoms. The molecule has 654 valence electrons. The van der Waals surface area contributed by atoms with Gasteiger partial charge in [0.05, 0.1) is 67.7 Å². The number of aromatic nitrogens is 2. The summed E-state index contributed by atoms with van der Waals surface area (Å²) in [4.78, 5) is 4.10. The van der Waals surface area contributed by atoms with E-state index in [-0.39, 0.29) is 141 Å². The minimum absolute atomic E-state index is 0.00151. The van der Waals surface area contributed by atoms with Crippen molar-refractivity contribution in [3.63, 3.8) is 0 Å². The van der Waals surface area contributed by atoms with Crippen molar-refractivity contribution in [1.82, 2.24) is 9.13 Å². The zero-order chi connectivity index (χ0) is 114. The molecule has 4 heterocycles. The maximum atomic E-state index is 12.0. The van der Waals surface area contributed by atoms with Crippen molar-refractivity contribution in [3.8, 4) is 67.0 Å². The van der Waals surface area contributed by atoms with Gasteiger partial charge in [0.25, 0.3) is 6.71 Å². The molecule has 14 aromatic carbocycles. The van der Waals surface area contributed by atoms with Crippen LogP contribution in [0.5, 0.6) is 0 Å². The molecule has 18 rings (SSSR count). The number of anilines is 6. The van der Waals surface area contributed by atoms with Gasteiger partial charge < -0.3 is 18.9 Å². The van der Waals surface area contributed by atoms with Crippen LogP contribution in [-0.4, -0.2) is 15.8 Å². The fraction of sp³-hybridized carbons (Fsp3) is 0.323. The van der Waals surface area contributed by atoms with Gasteiger partial charge in [-0.3, -0.25) is 0 Å². The molecule has 0 atom stereocenters. The lowest BCUT2D eigenvalue weighted by atomic mass is 9.33. The van der Waals surface area contributed by atoms with Crippen molar-refractivity contribution in [3.05, 3.63) is 328 Å². The van der Waals surface area contributed by atoms with Gasteiger partial charge in [-0.1, -0.05) is 395 Å². The number of rotatable bonds is 9. The van der Waals surface area contributed by atoms with E-state index in [0.717, 1.165) is 44.5 Å². The summed E-state index contributed by atoms with van der Waals surface area (Å²) in [6.45, 7) is 59.7. The molecule has 5 heteroatoms. The fourth-order valence-corrected chi connectivity index (χ4v) is 18.5. The second-order valence-electron chi connectivity index (χ2n) is 46.1. The Balaban J connectivity index is 1.22. The van der Waals surface area contributed by atoms with Crippen molar-refractivity contribution in [2.24, 2.45) is 0 Å². The summed E-state index contributed by atoms with van der Waals surface area (Å²) >= 11 is 0. The Kier molecular flexibility index (Phi) is 14.8. The predicted octanol–water partition coefficient (Wildman–Crippen LogP) is 33.3. The third kappa shape index (κ3) is 15.6. The number of para-hydroxylation sites is 4. The molecule has 0 aliphatic carbocycles. The number of hydrogen-bond acceptors (Lipinski definition) is 2. The molecular formula is C124H135BN4. The average molecular weight is 1720 g/mol. The van der Waals surface area contributed by atoms with Crippen LogP contribution in [0.1, 0.15) is 298 Å². The van der Waals surface area contributed by atoms with Gasteiger partial charge in [0.1, 0.15) is 0 Å². The standard InChI is InChI=1S/C124H135BN4/c1-115(2,3)80-51-47-76(48-52-80)95-69-86(121(19,20)21)71-98(90-59-55-83(118(10,11)12)73-101(90)124(28,29)30)113(95)128-108-74-88(126-104-43-35-31-39-91(104)92-40-32-36-44-105(92)126)57-61-102(108)125-103-62-58-89(127-106-45-37-33-41-93(106)94-42-34-38-46-107(94)127)75-109(103)129(111-66-79(65-110(128)112(111)125)78-63-84(119(13,14)15)67-85(64-78)120(16,17)18)114-96(77-49-53-81(54-50-77)116(4,5)6)70-87(122(22,23)24)72-99(114)97-68-82(117(7,8)9)56-60-100(97)123(25,26)27/h31-75H,1-30H3/i31D,32D,33D,34D,35D,36D,37D,38D,39D,40D,41D,42D,43D,44D,45D,46D,49D,50D,53D,54D,56D,60D,68D,70D,72D. The molecule has 2 aromatic heterocycles. The Morgan fingerprint density at radius 2 is 0.597 bits per heavy atom. The Morgan fingerprint density at radius 3 is 1.02 bits per heavy atom. The number of benzene rings is 14. The molecule has 0 saturated heterocycles. The first-order valence-electron chi connectivity index (χ1n) is 57.9. The van der Waals surface area contributed by atoms with E-state index in [1.807, 2.05) is 91.5 Å². The second kappa shape index (κ2) is 30.5. The summed E-state index contributed by atoms with van der Waals surface area (Å²) in [5.74, 6) is 0. The molecule has 2 aliphatic rings. The molecular weight excluding hydrogens is 1560 g/mol. The average Bonchev–Trinajstić information content (AvgIpc) is 0.866. The quantitative estimate of drug-likeness (QED) is 0.134. The highest BCUT2D eigenvalue weighted by Crippen LogP contribution is 2.58. The van der Waals surface area contributed by atoms with Gasteiger partial charge in [0.15, 0.2) is 0 Å². The maximum absolute atomic E-state index is 12.0. The number of nitrogens with zero attached hydrogens (tertiary/aromatic N) is 4. The van der Waals surface area contributed by atoms with Crippen LogP contribution >= 0.6 is 0 Å². The van der Waals surface area contributed by atoms with E-state index in [4.69, 9.17) is 0 Å². The first-order chi connectivity index (χ1) is 70.7. The Hall–Kier alpha value is -11.7. The molecule has 0 N–H and O–H groups in total. The van der Waals surface area contributed by atoms with Gasteiger partial charge in [-0.05, 0) is 244 Å². The number of fused-ring (bicyclic) bond motifs is 10. The molecule has 0 spiro atoms. The van der Waals surface area contributed by atoms with Crippen molar-refractivity contribution >= 4 is 101 Å². The molecule has 0 unspecified atom stereocenters. The fourth-order valence-electron chi connectivity index (χ4n) is 18.5. The normalized spacial score (nSPS) is 16.5. The molecule has 16 aromatic rings. The lowest BCUT2D eigenvalue weighted by molar-refractivity contribution is 0.568. The largest absolute Gasteiger partial charge is 0.310 e. The van der Waals surface area contributed by atoms with E-state index in [1.54, 1.807) is 39.0 Å². The third-order valence-corrected chi connectivity index (χ3v) is 26.0. The van der Waals surface area contributed by atoms with Crippen LogP contribution in [0.3, 0.4) is 0 Å². The van der Waals surface area contributed by atoms with Crippen LogP contribution in [-0.2, 0) is 54.1 Å². The van der Waals surface area contributed by atoms with E-state index in [1.165, 1.54) is 9.13 Å². The van der Waals surface area contributed by atoms with Crippen LogP contribution in [0.15, 0.2) is 272 Å². The summed E-state index contributed by atoms with van der Waals surface area (Å²) in [5, 5.41) is -0.853. The monoisotopic (exact) mass is 1720 g/mol. The molecule has 0 radical (unpaired) electrons. The van der Waals surface area contributed by atoms with Crippen LogP contribution in [0, 0.1) is 0 Å². The summed E-state index contributed by atoms with van der Waals surface area (Å²) in [5.41, 5.74) is 3.31. The minimum Gasteiger partial charge on any atom is -0.310 e. The van der Waals surface area contributed by atoms with Crippen LogP contribution in [0.4, 0.5) is 34.1 Å². The Labute approximate surface area is 807 Å². The second-order valence-corrected chi connectivity index (χ2v) is 46.1. The highest BCUT2D eigenvalue weighted by atomic mass is 15.2. The first-order valence-corrected chi connectivity index (χ1v) is 45.4. The molecule has 2 aliphatic heterocycles. The smallest absolute Gasteiger partial charge is 0.252 e. The SMILES string of the molecule is [2H]c1c([2H])c(C(C)(C)C)c([2H])c([2H])c1-c1c([2H])c(C(C)(C)C)c([2H])c(-c2c([2H])c(C(C)(C)C)c([2H])c([2H])c2C(C)(C)C)c1N1c2cc(-n3c4c([2H])c([2H])c([2H])c([2H])c4c4c([2H])c([2H])c([2H])c([2H])c43)ccc2B2c3ccc(-n4c5c([2H])c([2H])c([2H])c([2H])c5c5c([2H])c([2H])c([2H])c([2H])c54)cc3N(c3c(-c4ccc(C(C)(C)C)cc4)cc(C(C)(C)C)cc3-c3ccc(C(C)(C)C)cc3C(C)(C)C)c3cc(-c4cc(C(C)(C)C)cc(C(C)(C)C)c4)cc1c32. The zero-order valence-electron chi connectivity index (χ0n) is 106. The summed E-state index contributed by atoms with van der Waals surface area (Å²) in [7, 11) is 0. The van der Waals surface area contributed by atoms with Gasteiger partial charge in [-0.2, -0.15) is 0 Å². The van der Waals surface area contributed by atoms with E-state index in [2.05, 4.69) is 208 Å². The number of hydrogen-bond donors (Lipinski definition) is 0. The molecule has 0 fully saturated rings. The van der Waals surface area contributed by atoms with Crippen LogP contribution < -0.4 is 26.2 Å². The van der Waals surface area contributed by atoms with Crippen molar-refractivity contribution in [2.75, 3.05) is 9.80 Å². The van der Waals surface area contributed by atoms with Gasteiger partial charge in [0.2, 0.25) is 0 Å². The van der Waals surface area contributed by atoms with Crippen molar-refractivity contribution in [1.29, 1.82) is 0 Å². The summed E-state index contributed by atoms with van der Waals surface area (Å²) in [6, 6.07) is 27.4. The predicted molar refractivity (Wildman–Crippen MR) is 563 cm³/mol. The van der Waals surface area contributed by atoms with Gasteiger partial charge >= 0.3 is 0 Å². The molecule has 0 bridgehead atoms. The first kappa shape index (κ1) is 62.6. The lowest BCUT2D eigenvalue weighted by Crippen LogP contribution is -2.61. The highest BCUT2D eigenvalue weighted by molar-refractivity contribution is 7.00. The van der Waals surface area contributed by atoms with Gasteiger partial charge in [-0.15, -0.1) is 0 Å². The van der Waals surface area contributed by atoms with Crippen LogP contribution in [0.25, 0.3) is 111 Å². The lowest BCUT2D eigenvalue weighted by Gasteiger charge is -2.46. The summed E-state index contributed by atoms with van der Waals surface area (Å²) < 4.78 is 260. The van der Waals surface area contributed by atoms with E-state index in [0.29, 0.717) is 55.7 Å². The summed E-state index contributed by atoms with van der Waals surface area (Å²) in [6.07, 6.45) is 0. The molecule has 0 saturated carbocycles. The maximum Gasteiger partial charge on any atom is 0.252 e. The Bertz CT molecular complexity index is 8580. The highest BCUT2D eigenvalue weighted by Gasteiger charge is 2.48. The third-order valence-electron chi connectivity index (χ3n) is 26.0. The molecule has 4 nitrogen and oxygen atoms in total. The van der Waals surface area contributed by atoms with Crippen molar-refractivity contribution in [2.45, 2.75) is 262 Å². The van der Waals surface area contributed by atoms with E-state index >= 15 is 0 Å².